The summed E-state index contributed by atoms with van der Waals surface area (Å²) in [5.74, 6) is -0.722. The molecule has 0 saturated heterocycles. The van der Waals surface area contributed by atoms with Crippen molar-refractivity contribution in [3.63, 3.8) is 0 Å². The molecular weight excluding hydrogens is 217 g/mol. The summed E-state index contributed by atoms with van der Waals surface area (Å²) in [5.41, 5.74) is 5.34. The number of nitrogens with two attached hydrogens (primary N) is 1. The molecule has 0 aliphatic rings. The van der Waals surface area contributed by atoms with Gasteiger partial charge in [0.25, 0.3) is 0 Å². The van der Waals surface area contributed by atoms with Crippen LogP contribution < -0.4 is 10.5 Å². The van der Waals surface area contributed by atoms with Crippen LogP contribution in [0.4, 0.5) is 5.82 Å². The van der Waals surface area contributed by atoms with Crippen LogP contribution in [0.15, 0.2) is 0 Å². The molecule has 1 aromatic heterocycles. The lowest BCUT2D eigenvalue weighted by molar-refractivity contribution is -0.132. The number of nitrogen functional groups attached to an aromatic ring is 1. The predicted octanol–water partition coefficient (Wildman–Crippen LogP) is 1.29. The van der Waals surface area contributed by atoms with Crippen molar-refractivity contribution >= 4 is 35.0 Å². The van der Waals surface area contributed by atoms with Gasteiger partial charge >= 0.3 is 5.97 Å². The Kier molecular flexibility index (Phi) is 2.90. The average molecular weight is 222 g/mol. The standard InChI is InChI=1S/C6H5Cl2N3O2/c1-2(12)13-5-3(7)4(9)10-6(8)11-5/h1H3,(H2,9,10,11). The highest BCUT2D eigenvalue weighted by Gasteiger charge is 2.12. The SMILES string of the molecule is CC(=O)Oc1nc(Cl)nc(N)c1Cl. The van der Waals surface area contributed by atoms with Crippen molar-refractivity contribution in [2.75, 3.05) is 5.73 Å². The molecule has 0 unspecified atom stereocenters. The van der Waals surface area contributed by atoms with Crippen LogP contribution in [0.5, 0.6) is 5.88 Å². The summed E-state index contributed by atoms with van der Waals surface area (Å²) in [5, 5.41) is -0.155. The molecule has 1 rings (SSSR count). The zero-order valence-electron chi connectivity index (χ0n) is 6.54. The Hall–Kier alpha value is -1.07. The van der Waals surface area contributed by atoms with Gasteiger partial charge in [0, 0.05) is 6.92 Å². The number of hydrogen-bond donors (Lipinski definition) is 1. The minimum absolute atomic E-state index is 0.0281. The molecule has 2 N–H and O–H groups in total. The molecule has 0 fully saturated rings. The van der Waals surface area contributed by atoms with Crippen molar-refractivity contribution in [3.8, 4) is 5.88 Å². The summed E-state index contributed by atoms with van der Waals surface area (Å²) in [6, 6.07) is 0. The maximum Gasteiger partial charge on any atom is 0.309 e. The van der Waals surface area contributed by atoms with Gasteiger partial charge in [-0.05, 0) is 11.6 Å². The maximum absolute atomic E-state index is 10.6. The molecule has 0 aliphatic carbocycles. The van der Waals surface area contributed by atoms with Gasteiger partial charge in [-0.25, -0.2) is 0 Å². The number of carbonyl (C=O) groups excluding carboxylic acids is 1. The van der Waals surface area contributed by atoms with E-state index in [4.69, 9.17) is 28.9 Å². The summed E-state index contributed by atoms with van der Waals surface area (Å²) in [6.45, 7) is 1.21. The monoisotopic (exact) mass is 221 g/mol. The molecule has 0 saturated carbocycles. The maximum atomic E-state index is 10.6. The second kappa shape index (κ2) is 3.76. The lowest BCUT2D eigenvalue weighted by Crippen LogP contribution is -2.06. The van der Waals surface area contributed by atoms with E-state index in [0.29, 0.717) is 0 Å². The van der Waals surface area contributed by atoms with Gasteiger partial charge in [-0.3, -0.25) is 4.79 Å². The average Bonchev–Trinajstić information content (AvgIpc) is 1.98. The Balaban J connectivity index is 3.12. The second-order valence-electron chi connectivity index (χ2n) is 2.09. The van der Waals surface area contributed by atoms with E-state index >= 15 is 0 Å². The van der Waals surface area contributed by atoms with Gasteiger partial charge in [0.15, 0.2) is 5.82 Å². The minimum Gasteiger partial charge on any atom is -0.406 e. The van der Waals surface area contributed by atoms with E-state index in [1.54, 1.807) is 0 Å². The fraction of sp³-hybridized carbons (Fsp3) is 0.167. The van der Waals surface area contributed by atoms with E-state index in [-0.39, 0.29) is 22.0 Å². The second-order valence-corrected chi connectivity index (χ2v) is 2.81. The fourth-order valence-corrected chi connectivity index (χ4v) is 0.911. The van der Waals surface area contributed by atoms with E-state index in [1.807, 2.05) is 0 Å². The van der Waals surface area contributed by atoms with Crippen LogP contribution in [-0.2, 0) is 4.79 Å². The number of ether oxygens (including phenoxy) is 1. The third-order valence-corrected chi connectivity index (χ3v) is 1.58. The van der Waals surface area contributed by atoms with Gasteiger partial charge in [0.2, 0.25) is 11.2 Å². The smallest absolute Gasteiger partial charge is 0.309 e. The van der Waals surface area contributed by atoms with Crippen LogP contribution in [0.3, 0.4) is 0 Å². The molecule has 7 heteroatoms. The van der Waals surface area contributed by atoms with Crippen LogP contribution >= 0.6 is 23.2 Å². The Morgan fingerprint density at radius 3 is 2.62 bits per heavy atom. The van der Waals surface area contributed by atoms with E-state index in [9.17, 15) is 4.79 Å². The molecule has 0 bridgehead atoms. The van der Waals surface area contributed by atoms with Gasteiger partial charge in [0.1, 0.15) is 5.02 Å². The number of hydrogen-bond acceptors (Lipinski definition) is 5. The number of nitrogens with zero attached hydrogens (tertiary/aromatic N) is 2. The lowest BCUT2D eigenvalue weighted by Gasteiger charge is -2.03. The molecule has 0 spiro atoms. The van der Waals surface area contributed by atoms with E-state index in [0.717, 1.165) is 0 Å². The highest BCUT2D eigenvalue weighted by atomic mass is 35.5. The fourth-order valence-electron chi connectivity index (χ4n) is 0.620. The van der Waals surface area contributed by atoms with Gasteiger partial charge in [-0.1, -0.05) is 11.6 Å². The molecule has 70 valence electrons. The van der Waals surface area contributed by atoms with E-state index in [1.165, 1.54) is 6.92 Å². The number of esters is 1. The third kappa shape index (κ3) is 2.43. The first-order valence-corrected chi connectivity index (χ1v) is 3.93. The van der Waals surface area contributed by atoms with Crippen LogP contribution in [0.1, 0.15) is 6.92 Å². The van der Waals surface area contributed by atoms with Crippen molar-refractivity contribution in [2.45, 2.75) is 6.92 Å². The first-order valence-electron chi connectivity index (χ1n) is 3.17. The van der Waals surface area contributed by atoms with E-state index in [2.05, 4.69) is 14.7 Å². The quantitative estimate of drug-likeness (QED) is 0.572. The highest BCUT2D eigenvalue weighted by Crippen LogP contribution is 2.27. The first kappa shape index (κ1) is 10.0. The van der Waals surface area contributed by atoms with Gasteiger partial charge in [-0.2, -0.15) is 9.97 Å². The number of halogens is 2. The molecule has 0 radical (unpaired) electrons. The van der Waals surface area contributed by atoms with E-state index < -0.39 is 5.97 Å². The molecule has 1 heterocycles. The zero-order chi connectivity index (χ0) is 10.0. The van der Waals surface area contributed by atoms with Crippen molar-refractivity contribution in [1.82, 2.24) is 9.97 Å². The van der Waals surface area contributed by atoms with Crippen LogP contribution in [0.2, 0.25) is 10.3 Å². The van der Waals surface area contributed by atoms with Crippen molar-refractivity contribution in [3.05, 3.63) is 10.3 Å². The van der Waals surface area contributed by atoms with Crippen LogP contribution in [-0.4, -0.2) is 15.9 Å². The first-order chi connectivity index (χ1) is 6.00. The van der Waals surface area contributed by atoms with Crippen molar-refractivity contribution in [2.24, 2.45) is 0 Å². The number of aromatic nitrogens is 2. The summed E-state index contributed by atoms with van der Waals surface area (Å²) in [7, 11) is 0. The largest absolute Gasteiger partial charge is 0.406 e. The van der Waals surface area contributed by atoms with Gasteiger partial charge in [-0.15, -0.1) is 0 Å². The Labute approximate surface area is 83.8 Å². The van der Waals surface area contributed by atoms with Crippen molar-refractivity contribution in [1.29, 1.82) is 0 Å². The third-order valence-electron chi connectivity index (χ3n) is 1.06. The number of anilines is 1. The van der Waals surface area contributed by atoms with Crippen LogP contribution in [0.25, 0.3) is 0 Å². The molecular formula is C6H5Cl2N3O2. The molecule has 0 aromatic carbocycles. The topological polar surface area (TPSA) is 78.1 Å². The highest BCUT2D eigenvalue weighted by molar-refractivity contribution is 6.34. The Morgan fingerprint density at radius 2 is 2.08 bits per heavy atom. The summed E-state index contributed by atoms with van der Waals surface area (Å²) >= 11 is 11.1. The number of rotatable bonds is 1. The summed E-state index contributed by atoms with van der Waals surface area (Å²) in [4.78, 5) is 17.7. The normalized spacial score (nSPS) is 9.77. The lowest BCUT2D eigenvalue weighted by atomic mass is 10.5. The zero-order valence-corrected chi connectivity index (χ0v) is 8.06. The molecule has 5 nitrogen and oxygen atoms in total. The van der Waals surface area contributed by atoms with Crippen LogP contribution in [0, 0.1) is 0 Å². The molecule has 0 aliphatic heterocycles. The minimum atomic E-state index is -0.559. The molecule has 0 atom stereocenters. The Morgan fingerprint density at radius 1 is 1.46 bits per heavy atom. The van der Waals surface area contributed by atoms with Gasteiger partial charge in [0.05, 0.1) is 0 Å². The molecule has 13 heavy (non-hydrogen) atoms. The summed E-state index contributed by atoms with van der Waals surface area (Å²) in [6.07, 6.45) is 0. The molecule has 1 aromatic rings. The Bertz CT molecular complexity index is 356. The predicted molar refractivity (Wildman–Crippen MR) is 47.8 cm³/mol. The van der Waals surface area contributed by atoms with Gasteiger partial charge < -0.3 is 10.5 Å². The summed E-state index contributed by atoms with van der Waals surface area (Å²) < 4.78 is 4.62. The number of carbonyl (C=O) groups is 1. The molecule has 0 amide bonds. The van der Waals surface area contributed by atoms with Crippen molar-refractivity contribution < 1.29 is 9.53 Å².